The molecule has 0 aromatic heterocycles. The molecule has 0 atom stereocenters. The highest BCUT2D eigenvalue weighted by molar-refractivity contribution is 5.81. The van der Waals surface area contributed by atoms with Crippen LogP contribution in [-0.4, -0.2) is 17.5 Å². The van der Waals surface area contributed by atoms with Gasteiger partial charge in [-0.1, -0.05) is 0 Å². The Morgan fingerprint density at radius 1 is 1.21 bits per heavy atom. The number of hydrogen-bond acceptors (Lipinski definition) is 2. The summed E-state index contributed by atoms with van der Waals surface area (Å²) >= 11 is 0. The van der Waals surface area contributed by atoms with E-state index in [1.54, 1.807) is 20.8 Å². The quantitative estimate of drug-likeness (QED) is 0.649. The summed E-state index contributed by atoms with van der Waals surface area (Å²) in [5, 5.41) is 0. The van der Waals surface area contributed by atoms with Crippen molar-refractivity contribution in [1.82, 2.24) is 0 Å². The van der Waals surface area contributed by atoms with Crippen LogP contribution in [0.15, 0.2) is 0 Å². The van der Waals surface area contributed by atoms with Gasteiger partial charge in [0.25, 0.3) is 5.92 Å². The number of carbonyl (C=O) groups is 1. The van der Waals surface area contributed by atoms with Crippen molar-refractivity contribution in [1.29, 1.82) is 0 Å². The number of hydrogen-bond donors (Lipinski definition) is 0. The van der Waals surface area contributed by atoms with Gasteiger partial charge in [0.2, 0.25) is 0 Å². The fraction of sp³-hybridized carbons (Fsp3) is 0.900. The number of ether oxygens (including phenoxy) is 1. The SMILES string of the molecule is CC(C)(C)OC(=O)C1(C(C)(F)F)CC1. The van der Waals surface area contributed by atoms with Gasteiger partial charge < -0.3 is 4.74 Å². The molecule has 0 spiro atoms. The van der Waals surface area contributed by atoms with Crippen molar-refractivity contribution < 1.29 is 18.3 Å². The molecule has 4 heteroatoms. The Kier molecular flexibility index (Phi) is 2.37. The third-order valence-electron chi connectivity index (χ3n) is 2.38. The molecule has 1 fully saturated rings. The fourth-order valence-corrected chi connectivity index (χ4v) is 1.32. The molecule has 0 amide bonds. The minimum atomic E-state index is -2.98. The van der Waals surface area contributed by atoms with E-state index >= 15 is 0 Å². The first-order chi connectivity index (χ1) is 6.08. The summed E-state index contributed by atoms with van der Waals surface area (Å²) in [6.45, 7) is 5.81. The Balaban J connectivity index is 2.72. The molecule has 0 aliphatic heterocycles. The van der Waals surface area contributed by atoms with Crippen LogP contribution in [0, 0.1) is 5.41 Å². The third-order valence-corrected chi connectivity index (χ3v) is 2.38. The van der Waals surface area contributed by atoms with Gasteiger partial charge in [-0.2, -0.15) is 0 Å². The first-order valence-electron chi connectivity index (χ1n) is 4.70. The van der Waals surface area contributed by atoms with Crippen LogP contribution in [0.1, 0.15) is 40.5 Å². The zero-order chi connectivity index (χ0) is 11.2. The minimum absolute atomic E-state index is 0.228. The van der Waals surface area contributed by atoms with Crippen LogP contribution < -0.4 is 0 Å². The molecule has 1 saturated carbocycles. The highest BCUT2D eigenvalue weighted by Gasteiger charge is 2.66. The lowest BCUT2D eigenvalue weighted by atomic mass is 9.99. The molecule has 0 aromatic carbocycles. The average Bonchev–Trinajstić information content (AvgIpc) is 2.56. The molecule has 0 N–H and O–H groups in total. The van der Waals surface area contributed by atoms with Gasteiger partial charge in [0.15, 0.2) is 0 Å². The molecule has 1 aliphatic carbocycles. The number of halogens is 2. The monoisotopic (exact) mass is 206 g/mol. The lowest BCUT2D eigenvalue weighted by Crippen LogP contribution is -2.39. The lowest BCUT2D eigenvalue weighted by Gasteiger charge is -2.26. The number of esters is 1. The van der Waals surface area contributed by atoms with Gasteiger partial charge in [0, 0.05) is 6.92 Å². The standard InChI is InChI=1S/C10H16F2O2/c1-8(2,3)14-7(13)10(5-6-10)9(4,11)12/h5-6H2,1-4H3. The van der Waals surface area contributed by atoms with E-state index in [4.69, 9.17) is 4.74 Å². The molecule has 2 nitrogen and oxygen atoms in total. The minimum Gasteiger partial charge on any atom is -0.459 e. The fourth-order valence-electron chi connectivity index (χ4n) is 1.32. The van der Waals surface area contributed by atoms with E-state index in [2.05, 4.69) is 0 Å². The van der Waals surface area contributed by atoms with Crippen LogP contribution in [0.25, 0.3) is 0 Å². The maximum Gasteiger partial charge on any atom is 0.318 e. The van der Waals surface area contributed by atoms with Crippen LogP contribution in [0.4, 0.5) is 8.78 Å². The molecular weight excluding hydrogens is 190 g/mol. The zero-order valence-electron chi connectivity index (χ0n) is 8.99. The number of rotatable bonds is 2. The molecule has 0 radical (unpaired) electrons. The van der Waals surface area contributed by atoms with Crippen LogP contribution in [0.2, 0.25) is 0 Å². The van der Waals surface area contributed by atoms with Crippen molar-refractivity contribution in [3.8, 4) is 0 Å². The summed E-state index contributed by atoms with van der Waals surface area (Å²) in [6.07, 6.45) is 0.455. The van der Waals surface area contributed by atoms with Crippen molar-refractivity contribution in [2.45, 2.75) is 52.1 Å². The van der Waals surface area contributed by atoms with Gasteiger partial charge in [-0.3, -0.25) is 4.79 Å². The van der Waals surface area contributed by atoms with E-state index in [1.807, 2.05) is 0 Å². The van der Waals surface area contributed by atoms with Gasteiger partial charge in [-0.05, 0) is 33.6 Å². The highest BCUT2D eigenvalue weighted by Crippen LogP contribution is 2.57. The van der Waals surface area contributed by atoms with E-state index in [0.717, 1.165) is 6.92 Å². The second kappa shape index (κ2) is 2.91. The zero-order valence-corrected chi connectivity index (χ0v) is 8.99. The van der Waals surface area contributed by atoms with Crippen molar-refractivity contribution in [3.63, 3.8) is 0 Å². The van der Waals surface area contributed by atoms with Gasteiger partial charge in [0.05, 0.1) is 0 Å². The van der Waals surface area contributed by atoms with Crippen LogP contribution in [0.3, 0.4) is 0 Å². The Bertz CT molecular complexity index is 244. The average molecular weight is 206 g/mol. The maximum atomic E-state index is 13.1. The van der Waals surface area contributed by atoms with E-state index in [0.29, 0.717) is 0 Å². The van der Waals surface area contributed by atoms with Crippen molar-refractivity contribution in [2.75, 3.05) is 0 Å². The van der Waals surface area contributed by atoms with E-state index in [9.17, 15) is 13.6 Å². The summed E-state index contributed by atoms with van der Waals surface area (Å²) in [5.74, 6) is -3.74. The smallest absolute Gasteiger partial charge is 0.318 e. The molecule has 0 bridgehead atoms. The van der Waals surface area contributed by atoms with Crippen LogP contribution in [-0.2, 0) is 9.53 Å². The summed E-state index contributed by atoms with van der Waals surface area (Å²) in [4.78, 5) is 11.5. The first kappa shape index (κ1) is 11.4. The van der Waals surface area contributed by atoms with E-state index in [1.165, 1.54) is 0 Å². The molecule has 82 valence electrons. The second-order valence-corrected chi connectivity index (χ2v) is 4.97. The molecule has 14 heavy (non-hydrogen) atoms. The predicted molar refractivity (Wildman–Crippen MR) is 48.1 cm³/mol. The predicted octanol–water partition coefficient (Wildman–Crippen LogP) is 2.76. The third kappa shape index (κ3) is 2.04. The van der Waals surface area contributed by atoms with Crippen LogP contribution in [0.5, 0.6) is 0 Å². The van der Waals surface area contributed by atoms with Crippen molar-refractivity contribution >= 4 is 5.97 Å². The summed E-state index contributed by atoms with van der Waals surface area (Å²) in [7, 11) is 0. The first-order valence-corrected chi connectivity index (χ1v) is 4.70. The Labute approximate surface area is 82.6 Å². The molecular formula is C10H16F2O2. The van der Waals surface area contributed by atoms with E-state index < -0.39 is 22.9 Å². The maximum absolute atomic E-state index is 13.1. The number of carbonyl (C=O) groups excluding carboxylic acids is 1. The molecule has 0 saturated heterocycles. The Hall–Kier alpha value is -0.670. The van der Waals surface area contributed by atoms with Crippen LogP contribution >= 0.6 is 0 Å². The Morgan fingerprint density at radius 3 is 1.86 bits per heavy atom. The largest absolute Gasteiger partial charge is 0.459 e. The molecule has 0 unspecified atom stereocenters. The second-order valence-electron chi connectivity index (χ2n) is 4.97. The van der Waals surface area contributed by atoms with Gasteiger partial charge >= 0.3 is 5.97 Å². The van der Waals surface area contributed by atoms with Gasteiger partial charge in [0.1, 0.15) is 11.0 Å². The summed E-state index contributed by atoms with van der Waals surface area (Å²) < 4.78 is 31.1. The number of alkyl halides is 2. The normalized spacial score (nSPS) is 20.4. The Morgan fingerprint density at radius 2 is 1.64 bits per heavy atom. The molecule has 0 aromatic rings. The molecule has 1 rings (SSSR count). The summed E-state index contributed by atoms with van der Waals surface area (Å²) in [5.41, 5.74) is -2.24. The van der Waals surface area contributed by atoms with Crippen molar-refractivity contribution in [2.24, 2.45) is 5.41 Å². The summed E-state index contributed by atoms with van der Waals surface area (Å²) in [6, 6.07) is 0. The van der Waals surface area contributed by atoms with E-state index in [-0.39, 0.29) is 12.8 Å². The topological polar surface area (TPSA) is 26.3 Å². The highest BCUT2D eigenvalue weighted by atomic mass is 19.3. The molecule has 1 aliphatic rings. The molecule has 0 heterocycles. The lowest BCUT2D eigenvalue weighted by molar-refractivity contribution is -0.176. The van der Waals surface area contributed by atoms with Gasteiger partial charge in [-0.15, -0.1) is 0 Å². The van der Waals surface area contributed by atoms with Crippen molar-refractivity contribution in [3.05, 3.63) is 0 Å². The van der Waals surface area contributed by atoms with Gasteiger partial charge in [-0.25, -0.2) is 8.78 Å².